The van der Waals surface area contributed by atoms with Crippen molar-refractivity contribution in [2.45, 2.75) is 0 Å². The second kappa shape index (κ2) is 21.9. The van der Waals surface area contributed by atoms with Crippen LogP contribution in [0, 0.1) is 0 Å². The minimum atomic E-state index is 1.12. The summed E-state index contributed by atoms with van der Waals surface area (Å²) in [7, 11) is 0. The second-order valence-electron chi connectivity index (χ2n) is 16.6. The molecule has 70 heavy (non-hydrogen) atoms. The fourth-order valence-electron chi connectivity index (χ4n) is 8.76. The molecule has 0 aliphatic carbocycles. The van der Waals surface area contributed by atoms with Crippen molar-refractivity contribution in [2.75, 3.05) is 19.6 Å². The summed E-state index contributed by atoms with van der Waals surface area (Å²) >= 11 is 0. The third kappa shape index (κ3) is 10.4. The predicted molar refractivity (Wildman–Crippen MR) is 297 cm³/mol. The average Bonchev–Trinajstić information content (AvgIpc) is 3.45. The quantitative estimate of drug-likeness (QED) is 0.114. The van der Waals surface area contributed by atoms with E-state index in [1.54, 1.807) is 0 Å². The van der Waals surface area contributed by atoms with Crippen LogP contribution >= 0.6 is 0 Å². The maximum Gasteiger partial charge on any atom is 0.0463 e. The van der Waals surface area contributed by atoms with Crippen LogP contribution in [0.25, 0.3) is 11.1 Å². The molecule has 0 spiro atoms. The molecule has 11 rings (SSSR count). The summed E-state index contributed by atoms with van der Waals surface area (Å²) in [6.07, 6.45) is 0. The first kappa shape index (κ1) is 44.5. The van der Waals surface area contributed by atoms with E-state index in [1.807, 2.05) is 24.3 Å². The standard InChI is InChI=1S/C36H28N2.C30H24N2/c1-5-13-31(14-6-1)37(32-15-7-2-8-16-32)35-25-21-29(22-26-35)30-23-27-36(28-24-30)38(33-17-9-3-10-18-33)34-19-11-4-12-20-34;1-5-13-25(14-6-1)31(26-15-7-2-8-16-26)29-21-23-30(24-22-29)32(27-17-9-3-10-18-27)28-19-11-4-12-20-28/h1-28H;1-24H. The molecule has 0 saturated heterocycles. The van der Waals surface area contributed by atoms with Gasteiger partial charge in [0, 0.05) is 68.2 Å². The van der Waals surface area contributed by atoms with Crippen LogP contribution in [0.2, 0.25) is 0 Å². The zero-order chi connectivity index (χ0) is 47.2. The minimum absolute atomic E-state index is 1.12. The summed E-state index contributed by atoms with van der Waals surface area (Å²) in [5, 5.41) is 0. The van der Waals surface area contributed by atoms with E-state index in [0.717, 1.165) is 68.2 Å². The van der Waals surface area contributed by atoms with Gasteiger partial charge in [-0.1, -0.05) is 170 Å². The monoisotopic (exact) mass is 900 g/mol. The van der Waals surface area contributed by atoms with Gasteiger partial charge >= 0.3 is 0 Å². The minimum Gasteiger partial charge on any atom is -0.311 e. The van der Waals surface area contributed by atoms with Gasteiger partial charge in [0.15, 0.2) is 0 Å². The van der Waals surface area contributed by atoms with Crippen LogP contribution in [-0.2, 0) is 0 Å². The molecule has 11 aromatic rings. The molecule has 0 aliphatic rings. The van der Waals surface area contributed by atoms with E-state index in [1.165, 1.54) is 11.1 Å². The predicted octanol–water partition coefficient (Wildman–Crippen LogP) is 18.9. The lowest BCUT2D eigenvalue weighted by atomic mass is 10.0. The van der Waals surface area contributed by atoms with Crippen molar-refractivity contribution >= 4 is 68.2 Å². The zero-order valence-electron chi connectivity index (χ0n) is 38.8. The van der Waals surface area contributed by atoms with Gasteiger partial charge < -0.3 is 19.6 Å². The summed E-state index contributed by atoms with van der Waals surface area (Å²) < 4.78 is 0. The number of rotatable bonds is 13. The molecule has 0 saturated carbocycles. The molecular formula is C66H52N4. The molecule has 0 amide bonds. The van der Waals surface area contributed by atoms with Crippen molar-refractivity contribution in [2.24, 2.45) is 0 Å². The Hall–Kier alpha value is -9.38. The molecule has 4 heteroatoms. The van der Waals surface area contributed by atoms with Crippen LogP contribution in [0.5, 0.6) is 0 Å². The molecule has 0 N–H and O–H groups in total. The molecule has 4 nitrogen and oxygen atoms in total. The van der Waals surface area contributed by atoms with Gasteiger partial charge in [0.25, 0.3) is 0 Å². The highest BCUT2D eigenvalue weighted by Gasteiger charge is 2.17. The molecule has 0 aliphatic heterocycles. The summed E-state index contributed by atoms with van der Waals surface area (Å²) in [5.41, 5.74) is 15.9. The lowest BCUT2D eigenvalue weighted by molar-refractivity contribution is 1.26. The molecular weight excluding hydrogens is 849 g/mol. The van der Waals surface area contributed by atoms with Crippen molar-refractivity contribution in [1.29, 1.82) is 0 Å². The Morgan fingerprint density at radius 3 is 0.371 bits per heavy atom. The van der Waals surface area contributed by atoms with Crippen molar-refractivity contribution in [3.63, 3.8) is 0 Å². The van der Waals surface area contributed by atoms with Crippen LogP contribution < -0.4 is 19.6 Å². The molecule has 0 aromatic heterocycles. The molecule has 11 aromatic carbocycles. The number of para-hydroxylation sites is 8. The first-order valence-corrected chi connectivity index (χ1v) is 23.7. The highest BCUT2D eigenvalue weighted by molar-refractivity contribution is 5.83. The normalized spacial score (nSPS) is 10.6. The first-order chi connectivity index (χ1) is 34.8. The van der Waals surface area contributed by atoms with Gasteiger partial charge in [-0.15, -0.1) is 0 Å². The van der Waals surface area contributed by atoms with Crippen molar-refractivity contribution in [1.82, 2.24) is 0 Å². The largest absolute Gasteiger partial charge is 0.311 e. The summed E-state index contributed by atoms with van der Waals surface area (Å²) in [4.78, 5) is 9.12. The van der Waals surface area contributed by atoms with E-state index >= 15 is 0 Å². The Morgan fingerprint density at radius 1 is 0.114 bits per heavy atom. The van der Waals surface area contributed by atoms with Crippen LogP contribution in [0.1, 0.15) is 0 Å². The van der Waals surface area contributed by atoms with Crippen LogP contribution in [-0.4, -0.2) is 0 Å². The number of benzene rings is 11. The summed E-state index contributed by atoms with van der Waals surface area (Å²) in [6.45, 7) is 0. The van der Waals surface area contributed by atoms with Gasteiger partial charge in [-0.2, -0.15) is 0 Å². The highest BCUT2D eigenvalue weighted by atomic mass is 15.2. The molecule has 336 valence electrons. The lowest BCUT2D eigenvalue weighted by Crippen LogP contribution is -2.12. The Morgan fingerprint density at radius 2 is 0.229 bits per heavy atom. The lowest BCUT2D eigenvalue weighted by Gasteiger charge is -2.28. The fourth-order valence-corrected chi connectivity index (χ4v) is 8.76. The van der Waals surface area contributed by atoms with Gasteiger partial charge in [-0.05, 0) is 157 Å². The van der Waals surface area contributed by atoms with Crippen molar-refractivity contribution in [3.05, 3.63) is 315 Å². The van der Waals surface area contributed by atoms with Crippen molar-refractivity contribution in [3.8, 4) is 11.1 Å². The Kier molecular flexibility index (Phi) is 13.9. The molecule has 0 heterocycles. The Balaban J connectivity index is 0.000000165. The van der Waals surface area contributed by atoms with Crippen LogP contribution in [0.3, 0.4) is 0 Å². The Bertz CT molecular complexity index is 2870. The van der Waals surface area contributed by atoms with E-state index in [0.29, 0.717) is 0 Å². The second-order valence-corrected chi connectivity index (χ2v) is 16.6. The van der Waals surface area contributed by atoms with E-state index < -0.39 is 0 Å². The van der Waals surface area contributed by atoms with E-state index in [9.17, 15) is 0 Å². The average molecular weight is 901 g/mol. The maximum absolute atomic E-state index is 2.28. The summed E-state index contributed by atoms with van der Waals surface area (Å²) in [6, 6.07) is 110. The zero-order valence-corrected chi connectivity index (χ0v) is 38.8. The molecule has 0 fully saturated rings. The van der Waals surface area contributed by atoms with Gasteiger partial charge in [-0.25, -0.2) is 0 Å². The number of anilines is 12. The van der Waals surface area contributed by atoms with E-state index in [2.05, 4.69) is 311 Å². The third-order valence-electron chi connectivity index (χ3n) is 12.1. The number of hydrogen-bond donors (Lipinski definition) is 0. The van der Waals surface area contributed by atoms with Gasteiger partial charge in [0.1, 0.15) is 0 Å². The third-order valence-corrected chi connectivity index (χ3v) is 12.1. The maximum atomic E-state index is 2.28. The number of nitrogens with zero attached hydrogens (tertiary/aromatic N) is 4. The molecule has 0 unspecified atom stereocenters. The molecule has 0 atom stereocenters. The SMILES string of the molecule is c1ccc(N(c2ccccc2)c2ccc(-c3ccc(N(c4ccccc4)c4ccccc4)cc3)cc2)cc1.c1ccc(N(c2ccccc2)c2ccc(N(c3ccccc3)c3ccccc3)cc2)cc1. The Labute approximate surface area is 412 Å². The molecule has 0 bridgehead atoms. The smallest absolute Gasteiger partial charge is 0.0463 e. The van der Waals surface area contributed by atoms with Gasteiger partial charge in [-0.3, -0.25) is 0 Å². The summed E-state index contributed by atoms with van der Waals surface area (Å²) in [5.74, 6) is 0. The first-order valence-electron chi connectivity index (χ1n) is 23.7. The van der Waals surface area contributed by atoms with Crippen molar-refractivity contribution < 1.29 is 0 Å². The van der Waals surface area contributed by atoms with E-state index in [4.69, 9.17) is 0 Å². The highest BCUT2D eigenvalue weighted by Crippen LogP contribution is 2.40. The van der Waals surface area contributed by atoms with E-state index in [-0.39, 0.29) is 0 Å². The van der Waals surface area contributed by atoms with Gasteiger partial charge in [0.2, 0.25) is 0 Å². The fraction of sp³-hybridized carbons (Fsp3) is 0. The van der Waals surface area contributed by atoms with Crippen LogP contribution in [0.15, 0.2) is 315 Å². The topological polar surface area (TPSA) is 13.0 Å². The van der Waals surface area contributed by atoms with Crippen LogP contribution in [0.4, 0.5) is 68.2 Å². The van der Waals surface area contributed by atoms with Gasteiger partial charge in [0.05, 0.1) is 0 Å². The number of hydrogen-bond acceptors (Lipinski definition) is 4. The molecule has 0 radical (unpaired) electrons.